The minimum absolute atomic E-state index is 0.175. The summed E-state index contributed by atoms with van der Waals surface area (Å²) in [5, 5.41) is 0. The van der Waals surface area contributed by atoms with Gasteiger partial charge in [0.1, 0.15) is 5.75 Å². The van der Waals surface area contributed by atoms with Gasteiger partial charge >= 0.3 is 0 Å². The second-order valence-electron chi connectivity index (χ2n) is 6.33. The Hall–Kier alpha value is -1.06. The minimum atomic E-state index is 0.175. The summed E-state index contributed by atoms with van der Waals surface area (Å²) >= 11 is 0. The van der Waals surface area contributed by atoms with Crippen molar-refractivity contribution in [1.82, 2.24) is 0 Å². The van der Waals surface area contributed by atoms with E-state index in [1.54, 1.807) is 0 Å². The summed E-state index contributed by atoms with van der Waals surface area (Å²) in [6.45, 7) is 3.31. The Morgan fingerprint density at radius 2 is 2.05 bits per heavy atom. The van der Waals surface area contributed by atoms with Crippen LogP contribution in [0.3, 0.4) is 0 Å². The SMILES string of the molecule is NCC1(C2(c3ccc4c(c3)CCCO4)COC2)CC1. The molecule has 1 aliphatic carbocycles. The summed E-state index contributed by atoms with van der Waals surface area (Å²) in [5.41, 5.74) is 9.32. The van der Waals surface area contributed by atoms with Gasteiger partial charge in [0, 0.05) is 5.41 Å². The second-order valence-corrected chi connectivity index (χ2v) is 6.33. The first-order chi connectivity index (χ1) is 9.30. The van der Waals surface area contributed by atoms with Crippen molar-refractivity contribution in [1.29, 1.82) is 0 Å². The van der Waals surface area contributed by atoms with Gasteiger partial charge in [-0.3, -0.25) is 0 Å². The summed E-state index contributed by atoms with van der Waals surface area (Å²) < 4.78 is 11.3. The highest BCUT2D eigenvalue weighted by molar-refractivity contribution is 5.44. The van der Waals surface area contributed by atoms with Crippen molar-refractivity contribution in [2.45, 2.75) is 31.1 Å². The molecule has 102 valence electrons. The molecule has 0 spiro atoms. The lowest BCUT2D eigenvalue weighted by Gasteiger charge is -2.48. The van der Waals surface area contributed by atoms with Crippen molar-refractivity contribution in [2.24, 2.45) is 11.1 Å². The van der Waals surface area contributed by atoms with E-state index in [1.165, 1.54) is 24.0 Å². The molecule has 2 aliphatic heterocycles. The lowest BCUT2D eigenvalue weighted by Crippen LogP contribution is -2.56. The van der Waals surface area contributed by atoms with Gasteiger partial charge < -0.3 is 15.2 Å². The van der Waals surface area contributed by atoms with Gasteiger partial charge in [-0.2, -0.15) is 0 Å². The molecule has 1 aromatic carbocycles. The monoisotopic (exact) mass is 259 g/mol. The first-order valence-electron chi connectivity index (χ1n) is 7.34. The molecule has 0 radical (unpaired) electrons. The Morgan fingerprint density at radius 3 is 2.68 bits per heavy atom. The van der Waals surface area contributed by atoms with Gasteiger partial charge in [0.05, 0.1) is 19.8 Å². The molecule has 19 heavy (non-hydrogen) atoms. The summed E-state index contributed by atoms with van der Waals surface area (Å²) in [4.78, 5) is 0. The first kappa shape index (κ1) is 11.7. The highest BCUT2D eigenvalue weighted by Crippen LogP contribution is 2.62. The van der Waals surface area contributed by atoms with Crippen LogP contribution in [0.15, 0.2) is 18.2 Å². The number of hydrogen-bond acceptors (Lipinski definition) is 3. The molecule has 2 fully saturated rings. The average molecular weight is 259 g/mol. The molecule has 3 heteroatoms. The summed E-state index contributed by atoms with van der Waals surface area (Å²) in [6, 6.07) is 6.74. The molecule has 0 unspecified atom stereocenters. The van der Waals surface area contributed by atoms with E-state index in [2.05, 4.69) is 18.2 Å². The van der Waals surface area contributed by atoms with Gasteiger partial charge in [0.15, 0.2) is 0 Å². The first-order valence-corrected chi connectivity index (χ1v) is 7.34. The summed E-state index contributed by atoms with van der Waals surface area (Å²) in [5.74, 6) is 1.07. The lowest BCUT2D eigenvalue weighted by molar-refractivity contribution is -0.0973. The zero-order valence-corrected chi connectivity index (χ0v) is 11.3. The van der Waals surface area contributed by atoms with Crippen molar-refractivity contribution >= 4 is 0 Å². The third kappa shape index (κ3) is 1.52. The minimum Gasteiger partial charge on any atom is -0.493 e. The fraction of sp³-hybridized carbons (Fsp3) is 0.625. The van der Waals surface area contributed by atoms with Crippen LogP contribution in [0.2, 0.25) is 0 Å². The van der Waals surface area contributed by atoms with Crippen LogP contribution in [-0.4, -0.2) is 26.4 Å². The van der Waals surface area contributed by atoms with Crippen LogP contribution in [0.5, 0.6) is 5.75 Å². The number of hydrogen-bond donors (Lipinski definition) is 1. The largest absolute Gasteiger partial charge is 0.493 e. The smallest absolute Gasteiger partial charge is 0.122 e. The molecule has 2 N–H and O–H groups in total. The van der Waals surface area contributed by atoms with Crippen LogP contribution in [0, 0.1) is 5.41 Å². The Balaban J connectivity index is 1.75. The Kier molecular flexibility index (Phi) is 2.45. The van der Waals surface area contributed by atoms with Crippen LogP contribution < -0.4 is 10.5 Å². The Morgan fingerprint density at radius 1 is 1.21 bits per heavy atom. The topological polar surface area (TPSA) is 44.5 Å². The molecule has 3 nitrogen and oxygen atoms in total. The maximum Gasteiger partial charge on any atom is 0.122 e. The third-order valence-corrected chi connectivity index (χ3v) is 5.42. The molecule has 0 bridgehead atoms. The highest BCUT2D eigenvalue weighted by Gasteiger charge is 2.62. The van der Waals surface area contributed by atoms with E-state index in [1.807, 2.05) is 0 Å². The van der Waals surface area contributed by atoms with Gasteiger partial charge in [-0.05, 0) is 54.8 Å². The van der Waals surface area contributed by atoms with E-state index in [0.717, 1.165) is 45.0 Å². The van der Waals surface area contributed by atoms with Gasteiger partial charge in [0.25, 0.3) is 0 Å². The van der Waals surface area contributed by atoms with Crippen LogP contribution in [0.25, 0.3) is 0 Å². The van der Waals surface area contributed by atoms with Gasteiger partial charge in [-0.1, -0.05) is 12.1 Å². The second kappa shape index (κ2) is 3.97. The molecule has 1 aromatic rings. The average Bonchev–Trinajstić information content (AvgIpc) is 3.19. The van der Waals surface area contributed by atoms with Gasteiger partial charge in [0.2, 0.25) is 0 Å². The zero-order chi connectivity index (χ0) is 12.9. The van der Waals surface area contributed by atoms with Crippen molar-refractivity contribution in [3.63, 3.8) is 0 Å². The van der Waals surface area contributed by atoms with E-state index in [9.17, 15) is 0 Å². The van der Waals surface area contributed by atoms with Crippen LogP contribution in [0.1, 0.15) is 30.4 Å². The predicted octanol–water partition coefficient (Wildman–Crippen LogP) is 2.02. The summed E-state index contributed by atoms with van der Waals surface area (Å²) in [7, 11) is 0. The molecular weight excluding hydrogens is 238 g/mol. The molecular formula is C16H21NO2. The third-order valence-electron chi connectivity index (χ3n) is 5.42. The standard InChI is InChI=1S/C16H21NO2/c17-9-15(5-6-15)16(10-18-11-16)13-3-4-14-12(8-13)2-1-7-19-14/h3-4,8H,1-2,5-7,9-11,17H2. The Bertz CT molecular complexity index is 503. The fourth-order valence-electron chi connectivity index (χ4n) is 3.77. The number of benzene rings is 1. The molecule has 0 atom stereocenters. The van der Waals surface area contributed by atoms with E-state index < -0.39 is 0 Å². The number of rotatable bonds is 3. The number of aryl methyl sites for hydroxylation is 1. The molecule has 3 aliphatic rings. The predicted molar refractivity (Wildman–Crippen MR) is 73.5 cm³/mol. The van der Waals surface area contributed by atoms with Gasteiger partial charge in [-0.25, -0.2) is 0 Å². The molecule has 1 saturated carbocycles. The van der Waals surface area contributed by atoms with E-state index >= 15 is 0 Å². The molecule has 1 saturated heterocycles. The number of nitrogens with two attached hydrogens (primary N) is 1. The maximum atomic E-state index is 6.06. The maximum absolute atomic E-state index is 6.06. The summed E-state index contributed by atoms with van der Waals surface area (Å²) in [6.07, 6.45) is 4.76. The fourth-order valence-corrected chi connectivity index (χ4v) is 3.77. The number of ether oxygens (including phenoxy) is 2. The lowest BCUT2D eigenvalue weighted by atomic mass is 9.65. The molecule has 4 rings (SSSR count). The quantitative estimate of drug-likeness (QED) is 0.903. The molecule has 0 aromatic heterocycles. The van der Waals surface area contributed by atoms with Gasteiger partial charge in [-0.15, -0.1) is 0 Å². The zero-order valence-electron chi connectivity index (χ0n) is 11.3. The van der Waals surface area contributed by atoms with Crippen molar-refractivity contribution in [3.8, 4) is 5.75 Å². The molecule has 2 heterocycles. The normalized spacial score (nSPS) is 25.9. The highest BCUT2D eigenvalue weighted by atomic mass is 16.5. The van der Waals surface area contributed by atoms with E-state index in [4.69, 9.17) is 15.2 Å². The van der Waals surface area contributed by atoms with E-state index in [0.29, 0.717) is 5.41 Å². The molecule has 0 amide bonds. The van der Waals surface area contributed by atoms with Crippen LogP contribution in [-0.2, 0) is 16.6 Å². The van der Waals surface area contributed by atoms with E-state index in [-0.39, 0.29) is 5.41 Å². The van der Waals surface area contributed by atoms with Crippen LogP contribution in [0.4, 0.5) is 0 Å². The van der Waals surface area contributed by atoms with Crippen molar-refractivity contribution in [3.05, 3.63) is 29.3 Å². The van der Waals surface area contributed by atoms with Crippen LogP contribution >= 0.6 is 0 Å². The van der Waals surface area contributed by atoms with Crippen molar-refractivity contribution in [2.75, 3.05) is 26.4 Å². The van der Waals surface area contributed by atoms with Crippen molar-refractivity contribution < 1.29 is 9.47 Å². The number of fused-ring (bicyclic) bond motifs is 1. The Labute approximate surface area is 114 Å².